The van der Waals surface area contributed by atoms with E-state index in [4.69, 9.17) is 0 Å². The number of carbonyl (C=O) groups is 2. The number of hydrogen-bond acceptors (Lipinski definition) is 2. The molecule has 0 saturated carbocycles. The van der Waals surface area contributed by atoms with E-state index in [2.05, 4.69) is 12.2 Å². The zero-order valence-corrected chi connectivity index (χ0v) is 17.8. The van der Waals surface area contributed by atoms with Gasteiger partial charge in [0.25, 0.3) is 5.91 Å². The van der Waals surface area contributed by atoms with Crippen molar-refractivity contribution in [3.8, 4) is 0 Å². The molecular formula is C23H33N4O2+. The zero-order chi connectivity index (χ0) is 20.5. The lowest BCUT2D eigenvalue weighted by molar-refractivity contribution is -0.928. The molecule has 3 amide bonds. The first-order valence-electron chi connectivity index (χ1n) is 10.9. The van der Waals surface area contributed by atoms with E-state index in [0.29, 0.717) is 6.54 Å². The average Bonchev–Trinajstić information content (AvgIpc) is 3.04. The lowest BCUT2D eigenvalue weighted by Gasteiger charge is -2.31. The number of benzene rings is 1. The van der Waals surface area contributed by atoms with Crippen molar-refractivity contribution in [3.63, 3.8) is 0 Å². The van der Waals surface area contributed by atoms with Gasteiger partial charge in [0.1, 0.15) is 0 Å². The Kier molecular flexibility index (Phi) is 5.63. The van der Waals surface area contributed by atoms with E-state index < -0.39 is 0 Å². The number of carbonyl (C=O) groups excluding carboxylic acids is 2. The van der Waals surface area contributed by atoms with Crippen molar-refractivity contribution >= 4 is 11.9 Å². The van der Waals surface area contributed by atoms with Crippen molar-refractivity contribution in [2.24, 2.45) is 0 Å². The minimum atomic E-state index is -0.362. The number of rotatable bonds is 5. The third kappa shape index (κ3) is 3.90. The molecule has 3 aliphatic heterocycles. The summed E-state index contributed by atoms with van der Waals surface area (Å²) in [6.45, 7) is 8.03. The molecular weight excluding hydrogens is 364 g/mol. The Morgan fingerprint density at radius 1 is 1.17 bits per heavy atom. The molecule has 0 aliphatic carbocycles. The first kappa shape index (κ1) is 20.0. The number of urea groups is 1. The molecule has 0 bridgehead atoms. The summed E-state index contributed by atoms with van der Waals surface area (Å²) >= 11 is 0. The van der Waals surface area contributed by atoms with Crippen LogP contribution in [0.2, 0.25) is 0 Å². The molecule has 29 heavy (non-hydrogen) atoms. The maximum absolute atomic E-state index is 13.3. The van der Waals surface area contributed by atoms with Crippen LogP contribution < -0.4 is 10.2 Å². The lowest BCUT2D eigenvalue weighted by Crippen LogP contribution is -3.16. The molecule has 2 N–H and O–H groups in total. The van der Waals surface area contributed by atoms with Crippen LogP contribution in [0.5, 0.6) is 0 Å². The van der Waals surface area contributed by atoms with Gasteiger partial charge in [-0.2, -0.15) is 0 Å². The number of hydrogen-bond donors (Lipinski definition) is 2. The van der Waals surface area contributed by atoms with Gasteiger partial charge in [0, 0.05) is 20.0 Å². The van der Waals surface area contributed by atoms with Gasteiger partial charge in [-0.25, -0.2) is 4.79 Å². The normalized spacial score (nSPS) is 27.3. The Hall–Kier alpha value is -2.34. The highest BCUT2D eigenvalue weighted by molar-refractivity contribution is 6.01. The predicted molar refractivity (Wildman–Crippen MR) is 112 cm³/mol. The van der Waals surface area contributed by atoms with Crippen LogP contribution in [0, 0.1) is 6.92 Å². The predicted octanol–water partition coefficient (Wildman–Crippen LogP) is 1.63. The number of amides is 3. The second-order valence-electron chi connectivity index (χ2n) is 8.85. The van der Waals surface area contributed by atoms with E-state index >= 15 is 0 Å². The van der Waals surface area contributed by atoms with Crippen molar-refractivity contribution in [1.29, 1.82) is 0 Å². The van der Waals surface area contributed by atoms with Crippen molar-refractivity contribution in [3.05, 3.63) is 46.7 Å². The van der Waals surface area contributed by atoms with Gasteiger partial charge in [-0.05, 0) is 38.7 Å². The lowest BCUT2D eigenvalue weighted by atomic mass is 9.95. The molecule has 6 nitrogen and oxygen atoms in total. The first-order chi connectivity index (χ1) is 14.0. The average molecular weight is 398 g/mol. The molecule has 3 heterocycles. The standard InChI is InChI=1S/C23H32N4O2/c1-16-8-10-18(11-9-16)21-20-19(25(3)23(29)24-21)15-27(22(20)28)14-6-13-26-12-5-4-7-17(26)2/h8-11,17,21H,4-7,12-15H2,1-3H3,(H,24,29)/p+1/t17-,21-/m0/s1. The van der Waals surface area contributed by atoms with Crippen molar-refractivity contribution < 1.29 is 14.5 Å². The Labute approximate surface area is 173 Å². The molecule has 0 aromatic heterocycles. The maximum atomic E-state index is 13.3. The van der Waals surface area contributed by atoms with E-state index in [1.165, 1.54) is 25.8 Å². The highest BCUT2D eigenvalue weighted by Gasteiger charge is 2.42. The quantitative estimate of drug-likeness (QED) is 0.794. The fraction of sp³-hybridized carbons (Fsp3) is 0.565. The summed E-state index contributed by atoms with van der Waals surface area (Å²) in [5, 5.41) is 3.02. The molecule has 1 fully saturated rings. The second kappa shape index (κ2) is 8.19. The molecule has 156 valence electrons. The third-order valence-corrected chi connectivity index (χ3v) is 6.85. The van der Waals surface area contributed by atoms with Crippen molar-refractivity contribution in [2.75, 3.05) is 33.2 Å². The van der Waals surface area contributed by atoms with Gasteiger partial charge in [-0.1, -0.05) is 29.8 Å². The Balaban J connectivity index is 1.46. The molecule has 1 saturated heterocycles. The molecule has 4 rings (SSSR count). The Morgan fingerprint density at radius 3 is 2.66 bits per heavy atom. The van der Waals surface area contributed by atoms with Crippen LogP contribution in [0.1, 0.15) is 49.8 Å². The van der Waals surface area contributed by atoms with E-state index in [1.807, 2.05) is 36.1 Å². The monoisotopic (exact) mass is 397 g/mol. The van der Waals surface area contributed by atoms with Crippen LogP contribution >= 0.6 is 0 Å². The van der Waals surface area contributed by atoms with Gasteiger partial charge < -0.3 is 15.1 Å². The van der Waals surface area contributed by atoms with Gasteiger partial charge in [0.2, 0.25) is 0 Å². The van der Waals surface area contributed by atoms with Crippen LogP contribution in [0.4, 0.5) is 4.79 Å². The van der Waals surface area contributed by atoms with E-state index in [1.54, 1.807) is 16.8 Å². The molecule has 1 aromatic carbocycles. The summed E-state index contributed by atoms with van der Waals surface area (Å²) in [6.07, 6.45) is 4.98. The fourth-order valence-electron chi connectivity index (χ4n) is 4.93. The number of piperidine rings is 1. The summed E-state index contributed by atoms with van der Waals surface area (Å²) < 4.78 is 0. The molecule has 3 atom stereocenters. The van der Waals surface area contributed by atoms with E-state index in [0.717, 1.165) is 47.9 Å². The maximum Gasteiger partial charge on any atom is 0.322 e. The minimum Gasteiger partial charge on any atom is -0.333 e. The molecule has 0 radical (unpaired) electrons. The fourth-order valence-corrected chi connectivity index (χ4v) is 4.93. The zero-order valence-electron chi connectivity index (χ0n) is 17.8. The smallest absolute Gasteiger partial charge is 0.322 e. The molecule has 6 heteroatoms. The molecule has 0 spiro atoms. The number of quaternary nitrogens is 1. The van der Waals surface area contributed by atoms with Gasteiger partial charge >= 0.3 is 6.03 Å². The van der Waals surface area contributed by atoms with Gasteiger partial charge in [-0.15, -0.1) is 0 Å². The number of nitrogens with zero attached hydrogens (tertiary/aromatic N) is 2. The number of likely N-dealkylation sites (tertiary alicyclic amines) is 1. The number of likely N-dealkylation sites (N-methyl/N-ethyl adjacent to an activating group) is 1. The summed E-state index contributed by atoms with van der Waals surface area (Å²) in [4.78, 5) is 31.0. The summed E-state index contributed by atoms with van der Waals surface area (Å²) in [5.74, 6) is 0.0686. The molecule has 3 aliphatic rings. The SMILES string of the molecule is Cc1ccc([C@@H]2NC(=O)N(C)C3=C2C(=O)N(CCC[NH+]2CCCC[C@@H]2C)C3)cc1. The van der Waals surface area contributed by atoms with Crippen LogP contribution in [0.3, 0.4) is 0 Å². The Morgan fingerprint density at radius 2 is 1.93 bits per heavy atom. The van der Waals surface area contributed by atoms with Gasteiger partial charge in [0.05, 0.1) is 43.0 Å². The highest BCUT2D eigenvalue weighted by Crippen LogP contribution is 2.35. The van der Waals surface area contributed by atoms with E-state index in [-0.39, 0.29) is 18.0 Å². The third-order valence-electron chi connectivity index (χ3n) is 6.85. The topological polar surface area (TPSA) is 57.1 Å². The summed E-state index contributed by atoms with van der Waals surface area (Å²) in [7, 11) is 1.76. The van der Waals surface area contributed by atoms with Crippen LogP contribution in [-0.4, -0.2) is 61.0 Å². The first-order valence-corrected chi connectivity index (χ1v) is 10.9. The highest BCUT2D eigenvalue weighted by atomic mass is 16.2. The van der Waals surface area contributed by atoms with Crippen LogP contribution in [0.15, 0.2) is 35.5 Å². The van der Waals surface area contributed by atoms with Crippen LogP contribution in [-0.2, 0) is 4.79 Å². The minimum absolute atomic E-state index is 0.0686. The van der Waals surface area contributed by atoms with Gasteiger partial charge in [0.15, 0.2) is 0 Å². The van der Waals surface area contributed by atoms with Crippen molar-refractivity contribution in [1.82, 2.24) is 15.1 Å². The Bertz CT molecular complexity index is 817. The summed E-state index contributed by atoms with van der Waals surface area (Å²) in [5.41, 5.74) is 3.71. The second-order valence-corrected chi connectivity index (χ2v) is 8.85. The summed E-state index contributed by atoms with van der Waals surface area (Å²) in [6, 6.07) is 8.29. The van der Waals surface area contributed by atoms with Crippen molar-refractivity contribution in [2.45, 2.75) is 51.6 Å². The molecule has 1 aromatic rings. The largest absolute Gasteiger partial charge is 0.333 e. The van der Waals surface area contributed by atoms with Gasteiger partial charge in [-0.3, -0.25) is 9.69 Å². The number of nitrogens with one attached hydrogen (secondary N) is 2. The van der Waals surface area contributed by atoms with Crippen LogP contribution in [0.25, 0.3) is 0 Å². The molecule has 1 unspecified atom stereocenters. The number of aryl methyl sites for hydroxylation is 1. The van der Waals surface area contributed by atoms with E-state index in [9.17, 15) is 9.59 Å².